The first-order valence-electron chi connectivity index (χ1n) is 6.44. The molecule has 2 heterocycles. The van der Waals surface area contributed by atoms with Gasteiger partial charge in [-0.2, -0.15) is 0 Å². The third kappa shape index (κ3) is 2.37. The lowest BCUT2D eigenvalue weighted by Crippen LogP contribution is -2.43. The van der Waals surface area contributed by atoms with Crippen LogP contribution in [0.15, 0.2) is 0 Å². The summed E-state index contributed by atoms with van der Waals surface area (Å²) in [5, 5.41) is 0. The minimum absolute atomic E-state index is 0.0125. The Morgan fingerprint density at radius 3 is 2.24 bits per heavy atom. The van der Waals surface area contributed by atoms with Crippen molar-refractivity contribution in [2.45, 2.75) is 63.1 Å². The van der Waals surface area contributed by atoms with E-state index in [1.165, 1.54) is 0 Å². The molecule has 2 aliphatic heterocycles. The SMILES string of the molecule is CN1CCCC(B2OC(C)(C)C(C)(C)O2)C1Cl. The molecule has 98 valence electrons. The van der Waals surface area contributed by atoms with Crippen molar-refractivity contribution in [1.82, 2.24) is 4.90 Å². The van der Waals surface area contributed by atoms with Gasteiger partial charge in [0, 0.05) is 5.82 Å². The van der Waals surface area contributed by atoms with Gasteiger partial charge in [0.25, 0.3) is 0 Å². The van der Waals surface area contributed by atoms with Crippen molar-refractivity contribution in [1.29, 1.82) is 0 Å². The Kier molecular flexibility index (Phi) is 3.54. The lowest BCUT2D eigenvalue weighted by atomic mass is 9.67. The highest BCUT2D eigenvalue weighted by molar-refractivity contribution is 6.49. The predicted octanol–water partition coefficient (Wildman–Crippen LogP) is 2.74. The first-order valence-corrected chi connectivity index (χ1v) is 6.88. The van der Waals surface area contributed by atoms with E-state index >= 15 is 0 Å². The molecule has 2 fully saturated rings. The van der Waals surface area contributed by atoms with Crippen molar-refractivity contribution < 1.29 is 9.31 Å². The molecule has 0 bridgehead atoms. The standard InChI is InChI=1S/C12H23BClNO2/c1-11(2)12(3,4)17-13(16-11)9-7-6-8-15(5)10(9)14/h9-10H,6-8H2,1-5H3. The average molecular weight is 260 g/mol. The molecule has 3 nitrogen and oxygen atoms in total. The van der Waals surface area contributed by atoms with Gasteiger partial charge >= 0.3 is 7.12 Å². The minimum Gasteiger partial charge on any atom is -0.403 e. The Bertz CT molecular complexity index is 282. The smallest absolute Gasteiger partial charge is 0.403 e. The largest absolute Gasteiger partial charge is 0.464 e. The van der Waals surface area contributed by atoms with Gasteiger partial charge in [-0.25, -0.2) is 0 Å². The summed E-state index contributed by atoms with van der Waals surface area (Å²) in [6.07, 6.45) is 2.24. The summed E-state index contributed by atoms with van der Waals surface area (Å²) in [5.41, 5.74) is -0.507. The van der Waals surface area contributed by atoms with Gasteiger partial charge in [-0.3, -0.25) is 4.90 Å². The molecule has 5 heteroatoms. The second kappa shape index (κ2) is 4.41. The average Bonchev–Trinajstić information content (AvgIpc) is 2.40. The van der Waals surface area contributed by atoms with E-state index in [0.29, 0.717) is 0 Å². The van der Waals surface area contributed by atoms with Crippen LogP contribution in [0.2, 0.25) is 5.82 Å². The first-order chi connectivity index (χ1) is 7.74. The zero-order valence-electron chi connectivity index (χ0n) is 11.5. The van der Waals surface area contributed by atoms with E-state index in [0.717, 1.165) is 19.4 Å². The van der Waals surface area contributed by atoms with Crippen LogP contribution < -0.4 is 0 Å². The van der Waals surface area contributed by atoms with Crippen LogP contribution in [-0.2, 0) is 9.31 Å². The van der Waals surface area contributed by atoms with Crippen LogP contribution in [0.1, 0.15) is 40.5 Å². The van der Waals surface area contributed by atoms with Gasteiger partial charge in [0.15, 0.2) is 0 Å². The number of hydrogen-bond donors (Lipinski definition) is 0. The number of likely N-dealkylation sites (tertiary alicyclic amines) is 1. The Hall–Kier alpha value is 0.235. The highest BCUT2D eigenvalue weighted by atomic mass is 35.5. The number of piperidine rings is 1. The summed E-state index contributed by atoms with van der Waals surface area (Å²) in [6, 6.07) is 0. The van der Waals surface area contributed by atoms with Crippen molar-refractivity contribution in [2.75, 3.05) is 13.6 Å². The van der Waals surface area contributed by atoms with Crippen LogP contribution in [0.5, 0.6) is 0 Å². The molecule has 0 N–H and O–H groups in total. The fourth-order valence-electron chi connectivity index (χ4n) is 2.49. The van der Waals surface area contributed by atoms with Crippen LogP contribution in [0.4, 0.5) is 0 Å². The van der Waals surface area contributed by atoms with Crippen molar-refractivity contribution in [3.63, 3.8) is 0 Å². The maximum Gasteiger partial charge on any atom is 0.464 e. The molecule has 2 rings (SSSR count). The summed E-state index contributed by atoms with van der Waals surface area (Å²) in [7, 11) is 1.89. The fourth-order valence-corrected chi connectivity index (χ4v) is 2.84. The summed E-state index contributed by atoms with van der Waals surface area (Å²) in [6.45, 7) is 9.40. The predicted molar refractivity (Wildman–Crippen MR) is 71.3 cm³/mol. The number of rotatable bonds is 1. The maximum atomic E-state index is 6.47. The Balaban J connectivity index is 2.10. The molecule has 0 radical (unpaired) electrons. The van der Waals surface area contributed by atoms with Crippen LogP contribution in [0, 0.1) is 0 Å². The molecule has 2 atom stereocenters. The molecular weight excluding hydrogens is 236 g/mol. The van der Waals surface area contributed by atoms with Gasteiger partial charge in [0.1, 0.15) is 0 Å². The van der Waals surface area contributed by atoms with Crippen LogP contribution in [0.25, 0.3) is 0 Å². The van der Waals surface area contributed by atoms with Gasteiger partial charge < -0.3 is 9.31 Å². The highest BCUT2D eigenvalue weighted by Crippen LogP contribution is 2.44. The molecule has 0 aromatic rings. The molecule has 2 aliphatic rings. The molecule has 0 aromatic heterocycles. The number of nitrogens with zero attached hydrogens (tertiary/aromatic N) is 1. The molecule has 0 saturated carbocycles. The third-order valence-electron chi connectivity index (χ3n) is 4.44. The Morgan fingerprint density at radius 1 is 1.18 bits per heavy atom. The van der Waals surface area contributed by atoms with E-state index in [1.807, 2.05) is 0 Å². The van der Waals surface area contributed by atoms with E-state index in [9.17, 15) is 0 Å². The van der Waals surface area contributed by atoms with E-state index in [1.54, 1.807) is 0 Å². The zero-order valence-corrected chi connectivity index (χ0v) is 12.3. The normalized spacial score (nSPS) is 37.4. The summed E-state index contributed by atoms with van der Waals surface area (Å²) in [4.78, 5) is 2.18. The van der Waals surface area contributed by atoms with Gasteiger partial charge in [0.2, 0.25) is 0 Å². The first kappa shape index (κ1) is 13.7. The highest BCUT2D eigenvalue weighted by Gasteiger charge is 2.55. The number of hydrogen-bond acceptors (Lipinski definition) is 3. The van der Waals surface area contributed by atoms with Crippen LogP contribution in [-0.4, -0.2) is 42.3 Å². The van der Waals surface area contributed by atoms with E-state index in [4.69, 9.17) is 20.9 Å². The van der Waals surface area contributed by atoms with E-state index in [-0.39, 0.29) is 29.6 Å². The van der Waals surface area contributed by atoms with Gasteiger partial charge in [-0.1, -0.05) is 0 Å². The zero-order chi connectivity index (χ0) is 12.8. The fraction of sp³-hybridized carbons (Fsp3) is 1.00. The molecule has 0 aromatic carbocycles. The summed E-state index contributed by atoms with van der Waals surface area (Å²) >= 11 is 6.47. The monoisotopic (exact) mass is 259 g/mol. The van der Waals surface area contributed by atoms with Crippen LogP contribution in [0.3, 0.4) is 0 Å². The lowest BCUT2D eigenvalue weighted by molar-refractivity contribution is 0.00578. The molecule has 0 spiro atoms. The maximum absolute atomic E-state index is 6.47. The topological polar surface area (TPSA) is 21.7 Å². The molecule has 17 heavy (non-hydrogen) atoms. The molecular formula is C12H23BClNO2. The molecule has 2 saturated heterocycles. The van der Waals surface area contributed by atoms with Crippen molar-refractivity contribution in [3.8, 4) is 0 Å². The second-order valence-electron chi connectivity index (χ2n) is 6.28. The molecule has 0 amide bonds. The molecule has 0 aliphatic carbocycles. The van der Waals surface area contributed by atoms with Crippen molar-refractivity contribution in [3.05, 3.63) is 0 Å². The number of alkyl halides is 1. The van der Waals surface area contributed by atoms with E-state index in [2.05, 4.69) is 39.6 Å². The lowest BCUT2D eigenvalue weighted by Gasteiger charge is -2.35. The van der Waals surface area contributed by atoms with Gasteiger partial charge in [-0.15, -0.1) is 11.6 Å². The summed E-state index contributed by atoms with van der Waals surface area (Å²) in [5.74, 6) is 0.261. The van der Waals surface area contributed by atoms with Crippen LogP contribution >= 0.6 is 11.6 Å². The Labute approximate surface area is 110 Å². The summed E-state index contributed by atoms with van der Waals surface area (Å²) < 4.78 is 12.2. The van der Waals surface area contributed by atoms with Crippen molar-refractivity contribution >= 4 is 18.7 Å². The minimum atomic E-state index is -0.260. The van der Waals surface area contributed by atoms with Gasteiger partial charge in [0.05, 0.1) is 16.7 Å². The van der Waals surface area contributed by atoms with Crippen molar-refractivity contribution in [2.24, 2.45) is 0 Å². The number of halogens is 1. The second-order valence-corrected chi connectivity index (χ2v) is 6.73. The Morgan fingerprint density at radius 2 is 1.71 bits per heavy atom. The third-order valence-corrected chi connectivity index (χ3v) is 5.10. The quantitative estimate of drug-likeness (QED) is 0.411. The molecule has 2 unspecified atom stereocenters. The van der Waals surface area contributed by atoms with E-state index < -0.39 is 0 Å². The van der Waals surface area contributed by atoms with Gasteiger partial charge in [-0.05, 0) is 54.1 Å².